The van der Waals surface area contributed by atoms with Crippen molar-refractivity contribution in [3.8, 4) is 0 Å². The van der Waals surface area contributed by atoms with Crippen molar-refractivity contribution in [2.45, 2.75) is 152 Å². The Hall–Kier alpha value is -0.440. The third-order valence-electron chi connectivity index (χ3n) is 7.37. The Kier molecular flexibility index (Phi) is 15.3. The number of aliphatic hydroxyl groups is 7. The van der Waals surface area contributed by atoms with Gasteiger partial charge in [-0.2, -0.15) is 0 Å². The van der Waals surface area contributed by atoms with Gasteiger partial charge in [0.2, 0.25) is 0 Å². The lowest BCUT2D eigenvalue weighted by atomic mass is 9.97. The van der Waals surface area contributed by atoms with Gasteiger partial charge < -0.3 is 54.7 Å². The van der Waals surface area contributed by atoms with E-state index in [1.165, 1.54) is 44.9 Å². The maximum absolute atomic E-state index is 10.8. The van der Waals surface area contributed by atoms with Crippen molar-refractivity contribution >= 4 is 0 Å². The van der Waals surface area contributed by atoms with Crippen LogP contribution in [0.4, 0.5) is 0 Å². The van der Waals surface area contributed by atoms with E-state index in [0.717, 1.165) is 19.3 Å². The summed E-state index contributed by atoms with van der Waals surface area (Å²) in [7, 11) is 0. The summed E-state index contributed by atoms with van der Waals surface area (Å²) >= 11 is 0. The van der Waals surface area contributed by atoms with E-state index in [0.29, 0.717) is 6.42 Å². The van der Waals surface area contributed by atoms with E-state index >= 15 is 0 Å². The van der Waals surface area contributed by atoms with Gasteiger partial charge in [-0.15, -0.1) is 0 Å². The molecule has 11 atom stereocenters. The number of ether oxygens (including phenoxy) is 4. The zero-order chi connectivity index (χ0) is 27.4. The lowest BCUT2D eigenvalue weighted by Gasteiger charge is -2.46. The molecular weight excluding hydrogens is 488 g/mol. The van der Waals surface area contributed by atoms with Crippen LogP contribution in [0.2, 0.25) is 0 Å². The molecule has 2 rings (SSSR count). The van der Waals surface area contributed by atoms with Crippen LogP contribution in [0, 0.1) is 0 Å². The summed E-state index contributed by atoms with van der Waals surface area (Å²) in [6.07, 6.45) is -2.23. The fourth-order valence-corrected chi connectivity index (χ4v) is 4.91. The minimum atomic E-state index is -1.70. The van der Waals surface area contributed by atoms with Crippen LogP contribution in [0.3, 0.4) is 0 Å². The van der Waals surface area contributed by atoms with E-state index in [4.69, 9.17) is 18.9 Å². The molecular formula is C26H50O11. The largest absolute Gasteiger partial charge is 0.394 e. The molecule has 11 unspecified atom stereocenters. The minimum absolute atomic E-state index is 0.196. The molecule has 0 aromatic carbocycles. The van der Waals surface area contributed by atoms with Crippen molar-refractivity contribution in [2.24, 2.45) is 0 Å². The second-order valence-electron chi connectivity index (χ2n) is 10.3. The van der Waals surface area contributed by atoms with Crippen LogP contribution in [0.25, 0.3) is 0 Å². The third kappa shape index (κ3) is 9.61. The Balaban J connectivity index is 1.84. The topological polar surface area (TPSA) is 179 Å². The molecule has 0 aromatic heterocycles. The predicted molar refractivity (Wildman–Crippen MR) is 133 cm³/mol. The Bertz CT molecular complexity index is 593. The van der Waals surface area contributed by atoms with Crippen LogP contribution >= 0.6 is 0 Å². The molecule has 2 heterocycles. The predicted octanol–water partition coefficient (Wildman–Crippen LogP) is 0.327. The van der Waals surface area contributed by atoms with Crippen LogP contribution in [-0.4, -0.2) is 116 Å². The highest BCUT2D eigenvalue weighted by molar-refractivity contribution is 4.94. The lowest BCUT2D eigenvalue weighted by molar-refractivity contribution is -0.362. The highest BCUT2D eigenvalue weighted by atomic mass is 16.7. The summed E-state index contributed by atoms with van der Waals surface area (Å²) in [5, 5.41) is 70.8. The molecule has 0 bridgehead atoms. The molecule has 11 nitrogen and oxygen atoms in total. The summed E-state index contributed by atoms with van der Waals surface area (Å²) in [6, 6.07) is 0. The van der Waals surface area contributed by atoms with E-state index in [1.807, 2.05) is 6.92 Å². The van der Waals surface area contributed by atoms with Gasteiger partial charge in [-0.05, 0) is 12.8 Å². The van der Waals surface area contributed by atoms with Crippen molar-refractivity contribution in [3.05, 3.63) is 0 Å². The second-order valence-corrected chi connectivity index (χ2v) is 10.3. The van der Waals surface area contributed by atoms with Crippen molar-refractivity contribution in [3.63, 3.8) is 0 Å². The highest BCUT2D eigenvalue weighted by Crippen LogP contribution is 2.30. The molecule has 0 radical (unpaired) electrons. The smallest absolute Gasteiger partial charge is 0.187 e. The summed E-state index contributed by atoms with van der Waals surface area (Å²) in [5.41, 5.74) is 0. The monoisotopic (exact) mass is 538 g/mol. The standard InChI is InChI=1S/C26H50O11/c1-3-5-6-7-8-9-10-11-12-13-16(4-2)34-25-23(33)21(31)24(18(15-28)36-25)37-26-22(32)20(30)19(29)17(14-27)35-26/h16-33H,3-15H2,1-2H3. The molecule has 2 saturated heterocycles. The lowest BCUT2D eigenvalue weighted by Crippen LogP contribution is -2.64. The number of hydrogen-bond donors (Lipinski definition) is 7. The van der Waals surface area contributed by atoms with Gasteiger partial charge in [0.25, 0.3) is 0 Å². The normalized spacial score (nSPS) is 37.5. The summed E-state index contributed by atoms with van der Waals surface area (Å²) in [5.74, 6) is 0. The van der Waals surface area contributed by atoms with Crippen molar-refractivity contribution in [1.29, 1.82) is 0 Å². The summed E-state index contributed by atoms with van der Waals surface area (Å²) < 4.78 is 22.6. The summed E-state index contributed by atoms with van der Waals surface area (Å²) in [6.45, 7) is 2.96. The Morgan fingerprint density at radius 1 is 0.622 bits per heavy atom. The van der Waals surface area contributed by atoms with Crippen molar-refractivity contribution in [2.75, 3.05) is 13.2 Å². The van der Waals surface area contributed by atoms with Crippen molar-refractivity contribution < 1.29 is 54.7 Å². The van der Waals surface area contributed by atoms with Crippen LogP contribution in [0.1, 0.15) is 84.5 Å². The average molecular weight is 539 g/mol. The van der Waals surface area contributed by atoms with Crippen LogP contribution in [0.15, 0.2) is 0 Å². The van der Waals surface area contributed by atoms with Gasteiger partial charge in [-0.1, -0.05) is 71.6 Å². The molecule has 7 N–H and O–H groups in total. The zero-order valence-electron chi connectivity index (χ0n) is 22.3. The fraction of sp³-hybridized carbons (Fsp3) is 1.00. The summed E-state index contributed by atoms with van der Waals surface area (Å²) in [4.78, 5) is 0. The van der Waals surface area contributed by atoms with Gasteiger partial charge in [0.15, 0.2) is 12.6 Å². The van der Waals surface area contributed by atoms with Gasteiger partial charge >= 0.3 is 0 Å². The Labute approximate surface area is 220 Å². The SMILES string of the molecule is CCCCCCCCCCCC(CC)OC1OC(CO)C(OC2OC(CO)C(O)C(O)C2O)C(O)C1O. The first-order valence-corrected chi connectivity index (χ1v) is 14.0. The molecule has 11 heteroatoms. The number of hydrogen-bond acceptors (Lipinski definition) is 11. The van der Waals surface area contributed by atoms with E-state index < -0.39 is 74.6 Å². The van der Waals surface area contributed by atoms with Crippen molar-refractivity contribution in [1.82, 2.24) is 0 Å². The van der Waals surface area contributed by atoms with Gasteiger partial charge in [0.05, 0.1) is 19.3 Å². The quantitative estimate of drug-likeness (QED) is 0.127. The Morgan fingerprint density at radius 3 is 1.73 bits per heavy atom. The van der Waals surface area contributed by atoms with Gasteiger partial charge in [-0.25, -0.2) is 0 Å². The van der Waals surface area contributed by atoms with Gasteiger partial charge in [0.1, 0.15) is 48.8 Å². The molecule has 2 aliphatic rings. The third-order valence-corrected chi connectivity index (χ3v) is 7.37. The maximum Gasteiger partial charge on any atom is 0.187 e. The Morgan fingerprint density at radius 2 is 1.16 bits per heavy atom. The molecule has 0 amide bonds. The van der Waals surface area contributed by atoms with Crippen LogP contribution in [-0.2, 0) is 18.9 Å². The van der Waals surface area contributed by atoms with Crippen LogP contribution < -0.4 is 0 Å². The molecule has 2 fully saturated rings. The van der Waals surface area contributed by atoms with Gasteiger partial charge in [-0.3, -0.25) is 0 Å². The first-order chi connectivity index (χ1) is 17.8. The molecule has 0 aliphatic carbocycles. The first-order valence-electron chi connectivity index (χ1n) is 14.0. The average Bonchev–Trinajstić information content (AvgIpc) is 2.90. The molecule has 2 aliphatic heterocycles. The van der Waals surface area contributed by atoms with Gasteiger partial charge in [0, 0.05) is 0 Å². The minimum Gasteiger partial charge on any atom is -0.394 e. The maximum atomic E-state index is 10.8. The van der Waals surface area contributed by atoms with E-state index in [-0.39, 0.29) is 6.10 Å². The molecule has 0 spiro atoms. The highest BCUT2D eigenvalue weighted by Gasteiger charge is 2.50. The zero-order valence-corrected chi connectivity index (χ0v) is 22.3. The molecule has 0 saturated carbocycles. The molecule has 0 aromatic rings. The van der Waals surface area contributed by atoms with E-state index in [2.05, 4.69) is 6.92 Å². The van der Waals surface area contributed by atoms with E-state index in [9.17, 15) is 35.7 Å². The van der Waals surface area contributed by atoms with E-state index in [1.54, 1.807) is 0 Å². The number of aliphatic hydroxyl groups excluding tert-OH is 7. The fourth-order valence-electron chi connectivity index (χ4n) is 4.91. The number of unbranched alkanes of at least 4 members (excludes halogenated alkanes) is 8. The number of rotatable bonds is 17. The van der Waals surface area contributed by atoms with Crippen LogP contribution in [0.5, 0.6) is 0 Å². The molecule has 37 heavy (non-hydrogen) atoms. The first kappa shape index (κ1) is 32.8. The molecule has 220 valence electrons. The second kappa shape index (κ2) is 17.3.